The number of hydrogen-bond donors (Lipinski definition) is 6. The maximum Gasteiger partial charge on any atom is 0.325 e. The summed E-state index contributed by atoms with van der Waals surface area (Å²) in [5.74, 6) is -6.00. The van der Waals surface area contributed by atoms with Crippen LogP contribution in [-0.4, -0.2) is 88.4 Å². The third-order valence-corrected chi connectivity index (χ3v) is 7.36. The molecule has 0 aliphatic carbocycles. The fraction of sp³-hybridized carbons (Fsp3) is 0.424. The van der Waals surface area contributed by atoms with Crippen molar-refractivity contribution in [3.05, 3.63) is 71.8 Å². The van der Waals surface area contributed by atoms with Crippen molar-refractivity contribution in [3.8, 4) is 0 Å². The lowest BCUT2D eigenvalue weighted by Crippen LogP contribution is -2.58. The molecule has 0 unspecified atom stereocenters. The van der Waals surface area contributed by atoms with Gasteiger partial charge in [-0.3, -0.25) is 39.0 Å². The highest BCUT2D eigenvalue weighted by atomic mass is 16.6. The highest BCUT2D eigenvalue weighted by Gasteiger charge is 2.53. The minimum atomic E-state index is -1.47. The molecule has 258 valence electrons. The zero-order valence-electron chi connectivity index (χ0n) is 27.2. The number of carbonyl (C=O) groups is 7. The summed E-state index contributed by atoms with van der Waals surface area (Å²) in [5, 5.41) is 20.1. The molecule has 5 atom stereocenters. The Balaban J connectivity index is 1.50. The van der Waals surface area contributed by atoms with Crippen molar-refractivity contribution in [3.63, 3.8) is 0 Å². The molecule has 6 amide bonds. The summed E-state index contributed by atoms with van der Waals surface area (Å²) in [6.45, 7) is 5.48. The second kappa shape index (κ2) is 17.6. The summed E-state index contributed by atoms with van der Waals surface area (Å²) in [6.07, 6.45) is -2.11. The van der Waals surface area contributed by atoms with E-state index in [1.807, 2.05) is 60.7 Å². The van der Waals surface area contributed by atoms with E-state index in [0.717, 1.165) is 11.1 Å². The lowest BCUT2D eigenvalue weighted by atomic mass is 10.0. The molecule has 0 aromatic heterocycles. The van der Waals surface area contributed by atoms with E-state index in [1.165, 1.54) is 13.8 Å². The standard InChI is InChI=1S/C33H42N6O9/c1-19(2)26(37-24(40)16-15-22-11-7-5-8-12-22)31(45)35-21(4)30(44)38-39(18-25(41)42)33(47)28-27(48-28)32(46)36-20(3)29(43)34-17-23-13-9-6-10-14-23/h5-14,19-21,26-28H,15-18H2,1-4H3,(H,34,43)(H,35,45)(H,36,46)(H,37,40)(H,38,44)(H,41,42)/t20-,21-,26-,27+,28+/m0/s1. The number of aryl methyl sites for hydroxylation is 1. The highest BCUT2D eigenvalue weighted by Crippen LogP contribution is 2.24. The van der Waals surface area contributed by atoms with E-state index in [-0.39, 0.29) is 24.8 Å². The first-order chi connectivity index (χ1) is 22.8. The number of nitrogens with zero attached hydrogens (tertiary/aromatic N) is 1. The number of benzene rings is 2. The molecule has 1 aliphatic heterocycles. The van der Waals surface area contributed by atoms with Gasteiger partial charge >= 0.3 is 5.97 Å². The number of carboxylic acid groups (broad SMARTS) is 1. The lowest BCUT2D eigenvalue weighted by Gasteiger charge is -2.26. The largest absolute Gasteiger partial charge is 0.480 e. The Labute approximate surface area is 278 Å². The molecule has 1 aliphatic rings. The van der Waals surface area contributed by atoms with Crippen LogP contribution < -0.4 is 26.7 Å². The molecule has 48 heavy (non-hydrogen) atoms. The Hall–Kier alpha value is -5.31. The molecule has 0 spiro atoms. The molecule has 0 bridgehead atoms. The predicted molar refractivity (Wildman–Crippen MR) is 171 cm³/mol. The first-order valence-corrected chi connectivity index (χ1v) is 15.5. The van der Waals surface area contributed by atoms with Crippen LogP contribution in [0.25, 0.3) is 0 Å². The van der Waals surface area contributed by atoms with Gasteiger partial charge in [0, 0.05) is 13.0 Å². The summed E-state index contributed by atoms with van der Waals surface area (Å²) in [4.78, 5) is 88.1. The fourth-order valence-corrected chi connectivity index (χ4v) is 4.54. The molecule has 15 nitrogen and oxygen atoms in total. The zero-order valence-corrected chi connectivity index (χ0v) is 27.2. The van der Waals surface area contributed by atoms with Gasteiger partial charge in [0.15, 0.2) is 12.2 Å². The van der Waals surface area contributed by atoms with Crippen LogP contribution in [0.3, 0.4) is 0 Å². The summed E-state index contributed by atoms with van der Waals surface area (Å²) >= 11 is 0. The normalized spacial score (nSPS) is 16.8. The van der Waals surface area contributed by atoms with Gasteiger partial charge in [0.2, 0.25) is 17.7 Å². The first-order valence-electron chi connectivity index (χ1n) is 15.5. The summed E-state index contributed by atoms with van der Waals surface area (Å²) in [7, 11) is 0. The van der Waals surface area contributed by atoms with E-state index in [9.17, 15) is 38.7 Å². The molecule has 3 rings (SSSR count). The molecule has 1 fully saturated rings. The van der Waals surface area contributed by atoms with Gasteiger partial charge in [-0.25, -0.2) is 5.01 Å². The van der Waals surface area contributed by atoms with E-state index in [1.54, 1.807) is 13.8 Å². The predicted octanol–water partition coefficient (Wildman–Crippen LogP) is -0.202. The van der Waals surface area contributed by atoms with Gasteiger partial charge in [-0.1, -0.05) is 74.5 Å². The van der Waals surface area contributed by atoms with E-state index in [4.69, 9.17) is 4.74 Å². The topological polar surface area (TPSA) is 216 Å². The number of hydrogen-bond acceptors (Lipinski definition) is 8. The number of nitrogens with one attached hydrogen (secondary N) is 5. The quantitative estimate of drug-likeness (QED) is 0.103. The average Bonchev–Trinajstić information content (AvgIpc) is 3.86. The molecule has 6 N–H and O–H groups in total. The molecule has 1 saturated heterocycles. The highest BCUT2D eigenvalue weighted by molar-refractivity contribution is 5.99. The molecule has 0 saturated carbocycles. The molecule has 0 radical (unpaired) electrons. The van der Waals surface area contributed by atoms with Crippen LogP contribution in [0.2, 0.25) is 0 Å². The first kappa shape index (κ1) is 37.2. The fourth-order valence-electron chi connectivity index (χ4n) is 4.54. The van der Waals surface area contributed by atoms with Crippen molar-refractivity contribution in [2.24, 2.45) is 5.92 Å². The third kappa shape index (κ3) is 11.5. The van der Waals surface area contributed by atoms with Crippen molar-refractivity contribution in [1.82, 2.24) is 31.7 Å². The van der Waals surface area contributed by atoms with Gasteiger partial charge in [0.25, 0.3) is 17.7 Å². The van der Waals surface area contributed by atoms with E-state index >= 15 is 0 Å². The smallest absolute Gasteiger partial charge is 0.325 e. The number of ether oxygens (including phenoxy) is 1. The van der Waals surface area contributed by atoms with Crippen molar-refractivity contribution in [2.45, 2.75) is 77.4 Å². The van der Waals surface area contributed by atoms with E-state index in [2.05, 4.69) is 26.7 Å². The van der Waals surface area contributed by atoms with Gasteiger partial charge < -0.3 is 31.1 Å². The Morgan fingerprint density at radius 3 is 1.92 bits per heavy atom. The van der Waals surface area contributed by atoms with Crippen LogP contribution in [0.1, 0.15) is 45.2 Å². The summed E-state index contributed by atoms with van der Waals surface area (Å²) in [6, 6.07) is 15.3. The summed E-state index contributed by atoms with van der Waals surface area (Å²) in [5.41, 5.74) is 3.98. The van der Waals surface area contributed by atoms with E-state index in [0.29, 0.717) is 11.4 Å². The Morgan fingerprint density at radius 1 is 0.750 bits per heavy atom. The van der Waals surface area contributed by atoms with Crippen molar-refractivity contribution < 1.29 is 43.4 Å². The Kier molecular flexibility index (Phi) is 13.6. The third-order valence-electron chi connectivity index (χ3n) is 7.36. The van der Waals surface area contributed by atoms with Crippen molar-refractivity contribution >= 4 is 41.4 Å². The number of rotatable bonds is 16. The van der Waals surface area contributed by atoms with Gasteiger partial charge in [-0.05, 0) is 37.3 Å². The minimum Gasteiger partial charge on any atom is -0.480 e. The van der Waals surface area contributed by atoms with Crippen molar-refractivity contribution in [2.75, 3.05) is 6.54 Å². The monoisotopic (exact) mass is 666 g/mol. The Bertz CT molecular complexity index is 1470. The van der Waals surface area contributed by atoms with Gasteiger partial charge in [0.05, 0.1) is 0 Å². The second-order valence-electron chi connectivity index (χ2n) is 11.7. The van der Waals surface area contributed by atoms with Gasteiger partial charge in [-0.2, -0.15) is 0 Å². The zero-order chi connectivity index (χ0) is 35.4. The molecule has 2 aromatic rings. The summed E-state index contributed by atoms with van der Waals surface area (Å²) < 4.78 is 5.17. The molecule has 1 heterocycles. The number of carboxylic acids is 1. The number of amides is 6. The van der Waals surface area contributed by atoms with Crippen molar-refractivity contribution in [1.29, 1.82) is 0 Å². The van der Waals surface area contributed by atoms with Crippen LogP contribution in [0.4, 0.5) is 0 Å². The molecular weight excluding hydrogens is 624 g/mol. The number of carbonyl (C=O) groups excluding carboxylic acids is 6. The van der Waals surface area contributed by atoms with Gasteiger partial charge in [0.1, 0.15) is 24.7 Å². The van der Waals surface area contributed by atoms with Crippen LogP contribution in [0, 0.1) is 5.92 Å². The van der Waals surface area contributed by atoms with E-state index < -0.39 is 72.4 Å². The van der Waals surface area contributed by atoms with Crippen LogP contribution in [0.5, 0.6) is 0 Å². The Morgan fingerprint density at radius 2 is 1.33 bits per heavy atom. The van der Waals surface area contributed by atoms with Crippen LogP contribution in [0.15, 0.2) is 60.7 Å². The minimum absolute atomic E-state index is 0.144. The number of hydrazine groups is 1. The lowest BCUT2D eigenvalue weighted by molar-refractivity contribution is -0.151. The maximum atomic E-state index is 13.0. The molecule has 15 heteroatoms. The second-order valence-corrected chi connectivity index (χ2v) is 11.7. The SMILES string of the molecule is CC(C)[C@H](NC(=O)CCc1ccccc1)C(=O)N[C@@H](C)C(=O)NN(CC(=O)O)C(=O)[C@@H]1O[C@H]1C(=O)N[C@@H](C)C(=O)NCc1ccccc1. The number of epoxide rings is 1. The van der Waals surface area contributed by atoms with Crippen LogP contribution >= 0.6 is 0 Å². The maximum absolute atomic E-state index is 13.0. The number of aliphatic carboxylic acids is 1. The average molecular weight is 667 g/mol. The van der Waals surface area contributed by atoms with Crippen LogP contribution in [-0.2, 0) is 51.3 Å². The molecule has 2 aromatic carbocycles. The van der Waals surface area contributed by atoms with Gasteiger partial charge in [-0.15, -0.1) is 0 Å². The molecular formula is C33H42N6O9.